The lowest BCUT2D eigenvalue weighted by atomic mass is 9.95. The van der Waals surface area contributed by atoms with Gasteiger partial charge in [-0.25, -0.2) is 4.79 Å². The van der Waals surface area contributed by atoms with Crippen molar-refractivity contribution in [3.63, 3.8) is 0 Å². The Kier molecular flexibility index (Phi) is 7.73. The Balaban J connectivity index is 1.37. The Labute approximate surface area is 206 Å². The summed E-state index contributed by atoms with van der Waals surface area (Å²) in [5.41, 5.74) is 4.56. The third kappa shape index (κ3) is 5.34. The highest BCUT2D eigenvalue weighted by molar-refractivity contribution is 5.86. The summed E-state index contributed by atoms with van der Waals surface area (Å²) in [6.07, 6.45) is 2.34. The minimum absolute atomic E-state index is 0.0562. The molecule has 2 amide bonds. The molecular weight excluding hydrogens is 444 g/mol. The molecule has 7 nitrogen and oxygen atoms in total. The van der Waals surface area contributed by atoms with Crippen molar-refractivity contribution in [2.45, 2.75) is 51.5 Å². The Morgan fingerprint density at radius 3 is 2.26 bits per heavy atom. The second kappa shape index (κ2) is 10.9. The topological polar surface area (TPSA) is 105 Å². The van der Waals surface area contributed by atoms with Gasteiger partial charge in [0.15, 0.2) is 0 Å². The van der Waals surface area contributed by atoms with E-state index in [1.807, 2.05) is 38.1 Å². The van der Waals surface area contributed by atoms with Crippen LogP contribution < -0.4 is 10.6 Å². The number of amides is 2. The molecule has 1 fully saturated rings. The number of ether oxygens (including phenoxy) is 1. The number of nitrogens with one attached hydrogen (secondary N) is 2. The van der Waals surface area contributed by atoms with Crippen molar-refractivity contribution in [3.05, 3.63) is 59.7 Å². The summed E-state index contributed by atoms with van der Waals surface area (Å²) in [6.45, 7) is 4.34. The molecule has 1 saturated carbocycles. The maximum Gasteiger partial charge on any atom is 0.407 e. The SMILES string of the molecule is CCC(C)C(NC(=O)OCC1c2ccccc2-c2ccccc21)C(=O)NC[C@H]1CCC[C@H]1C(=O)O. The molecule has 186 valence electrons. The van der Waals surface area contributed by atoms with Gasteiger partial charge in [0.25, 0.3) is 0 Å². The van der Waals surface area contributed by atoms with Gasteiger partial charge in [0, 0.05) is 12.5 Å². The number of benzene rings is 2. The number of carboxylic acid groups (broad SMARTS) is 1. The molecule has 2 aliphatic carbocycles. The van der Waals surface area contributed by atoms with Gasteiger partial charge in [-0.05, 0) is 46.9 Å². The van der Waals surface area contributed by atoms with E-state index in [1.165, 1.54) is 0 Å². The van der Waals surface area contributed by atoms with Gasteiger partial charge < -0.3 is 20.5 Å². The largest absolute Gasteiger partial charge is 0.481 e. The first-order valence-corrected chi connectivity index (χ1v) is 12.5. The fourth-order valence-electron chi connectivity index (χ4n) is 5.42. The van der Waals surface area contributed by atoms with Crippen molar-refractivity contribution < 1.29 is 24.2 Å². The summed E-state index contributed by atoms with van der Waals surface area (Å²) in [5.74, 6) is -1.77. The molecule has 2 unspecified atom stereocenters. The quantitative estimate of drug-likeness (QED) is 0.490. The number of carbonyl (C=O) groups is 3. The monoisotopic (exact) mass is 478 g/mol. The average Bonchev–Trinajstić information content (AvgIpc) is 3.47. The van der Waals surface area contributed by atoms with Crippen LogP contribution in [0.2, 0.25) is 0 Å². The van der Waals surface area contributed by atoms with Crippen LogP contribution in [0.3, 0.4) is 0 Å². The lowest BCUT2D eigenvalue weighted by Crippen LogP contribution is -2.51. The van der Waals surface area contributed by atoms with Crippen molar-refractivity contribution in [3.8, 4) is 11.1 Å². The summed E-state index contributed by atoms with van der Waals surface area (Å²) < 4.78 is 5.63. The highest BCUT2D eigenvalue weighted by Crippen LogP contribution is 2.44. The number of hydrogen-bond acceptors (Lipinski definition) is 4. The molecule has 4 rings (SSSR count). The van der Waals surface area contributed by atoms with E-state index in [4.69, 9.17) is 4.74 Å². The molecule has 2 aromatic carbocycles. The molecule has 2 aliphatic rings. The van der Waals surface area contributed by atoms with Gasteiger partial charge in [-0.3, -0.25) is 9.59 Å². The normalized spacial score (nSPS) is 20.4. The molecule has 0 aromatic heterocycles. The fourth-order valence-corrected chi connectivity index (χ4v) is 5.42. The van der Waals surface area contributed by atoms with Crippen LogP contribution in [-0.4, -0.2) is 42.3 Å². The number of carbonyl (C=O) groups excluding carboxylic acids is 2. The minimum Gasteiger partial charge on any atom is -0.481 e. The number of hydrogen-bond donors (Lipinski definition) is 3. The highest BCUT2D eigenvalue weighted by Gasteiger charge is 2.35. The van der Waals surface area contributed by atoms with E-state index in [9.17, 15) is 19.5 Å². The maximum absolute atomic E-state index is 13.0. The van der Waals surface area contributed by atoms with Crippen molar-refractivity contribution in [1.29, 1.82) is 0 Å². The minimum atomic E-state index is -0.808. The first-order valence-electron chi connectivity index (χ1n) is 12.5. The summed E-state index contributed by atoms with van der Waals surface area (Å²) >= 11 is 0. The van der Waals surface area contributed by atoms with Crippen molar-refractivity contribution in [1.82, 2.24) is 10.6 Å². The molecule has 35 heavy (non-hydrogen) atoms. The van der Waals surface area contributed by atoms with Gasteiger partial charge >= 0.3 is 12.1 Å². The molecule has 0 aliphatic heterocycles. The highest BCUT2D eigenvalue weighted by atomic mass is 16.5. The van der Waals surface area contributed by atoms with Crippen molar-refractivity contribution in [2.75, 3.05) is 13.2 Å². The van der Waals surface area contributed by atoms with Crippen molar-refractivity contribution in [2.24, 2.45) is 17.8 Å². The number of carboxylic acids is 1. The van der Waals surface area contributed by atoms with Gasteiger partial charge in [0.05, 0.1) is 5.92 Å². The van der Waals surface area contributed by atoms with E-state index in [0.29, 0.717) is 19.4 Å². The fraction of sp³-hybridized carbons (Fsp3) is 0.464. The van der Waals surface area contributed by atoms with Crippen LogP contribution in [-0.2, 0) is 14.3 Å². The zero-order chi connectivity index (χ0) is 24.9. The first kappa shape index (κ1) is 24.8. The standard InChI is InChI=1S/C28H34N2O5/c1-3-17(2)25(26(31)29-15-18-9-8-14-19(18)27(32)33)30-28(34)35-16-24-22-12-6-4-10-20(22)21-11-5-7-13-23(21)24/h4-7,10-13,17-19,24-25H,3,8-9,14-16H2,1-2H3,(H,29,31)(H,30,34)(H,32,33)/t17?,18-,19-,25?/m1/s1. The lowest BCUT2D eigenvalue weighted by Gasteiger charge is -2.25. The third-order valence-electron chi connectivity index (χ3n) is 7.63. The van der Waals surface area contributed by atoms with Gasteiger partial charge in [-0.15, -0.1) is 0 Å². The molecule has 7 heteroatoms. The summed E-state index contributed by atoms with van der Waals surface area (Å²) in [5, 5.41) is 15.0. The van der Waals surface area contributed by atoms with Crippen LogP contribution in [0.15, 0.2) is 48.5 Å². The van der Waals surface area contributed by atoms with Gasteiger partial charge in [-0.1, -0.05) is 75.2 Å². The number of alkyl carbamates (subject to hydrolysis) is 1. The molecule has 3 N–H and O–H groups in total. The summed E-state index contributed by atoms with van der Waals surface area (Å²) in [7, 11) is 0. The molecular formula is C28H34N2O5. The first-order chi connectivity index (χ1) is 16.9. The number of aliphatic carboxylic acids is 1. The van der Waals surface area contributed by atoms with E-state index in [2.05, 4.69) is 34.9 Å². The molecule has 2 aromatic rings. The van der Waals surface area contributed by atoms with Gasteiger partial charge in [0.1, 0.15) is 12.6 Å². The van der Waals surface area contributed by atoms with E-state index in [-0.39, 0.29) is 30.3 Å². The Morgan fingerprint density at radius 2 is 1.66 bits per heavy atom. The molecule has 0 radical (unpaired) electrons. The average molecular weight is 479 g/mol. The molecule has 0 heterocycles. The third-order valence-corrected chi connectivity index (χ3v) is 7.63. The lowest BCUT2D eigenvalue weighted by molar-refractivity contribution is -0.143. The Morgan fingerprint density at radius 1 is 1.03 bits per heavy atom. The predicted molar refractivity (Wildman–Crippen MR) is 133 cm³/mol. The summed E-state index contributed by atoms with van der Waals surface area (Å²) in [6, 6.07) is 15.5. The van der Waals surface area contributed by atoms with Gasteiger partial charge in [-0.2, -0.15) is 0 Å². The van der Waals surface area contributed by atoms with Crippen LogP contribution in [0, 0.1) is 17.8 Å². The van der Waals surface area contributed by atoms with E-state index < -0.39 is 24.0 Å². The number of rotatable bonds is 9. The zero-order valence-electron chi connectivity index (χ0n) is 20.3. The second-order valence-electron chi connectivity index (χ2n) is 9.71. The summed E-state index contributed by atoms with van der Waals surface area (Å²) in [4.78, 5) is 37.2. The van der Waals surface area contributed by atoms with Crippen LogP contribution in [0.1, 0.15) is 56.6 Å². The van der Waals surface area contributed by atoms with Crippen LogP contribution in [0.4, 0.5) is 4.79 Å². The zero-order valence-corrected chi connectivity index (χ0v) is 20.3. The van der Waals surface area contributed by atoms with E-state index in [0.717, 1.165) is 35.1 Å². The van der Waals surface area contributed by atoms with Crippen LogP contribution in [0.25, 0.3) is 11.1 Å². The smallest absolute Gasteiger partial charge is 0.407 e. The van der Waals surface area contributed by atoms with E-state index in [1.54, 1.807) is 0 Å². The second-order valence-corrected chi connectivity index (χ2v) is 9.71. The van der Waals surface area contributed by atoms with E-state index >= 15 is 0 Å². The Hall–Kier alpha value is -3.35. The predicted octanol–water partition coefficient (Wildman–Crippen LogP) is 4.56. The Bertz CT molecular complexity index is 1040. The van der Waals surface area contributed by atoms with Gasteiger partial charge in [0.2, 0.25) is 5.91 Å². The number of fused-ring (bicyclic) bond motifs is 3. The van der Waals surface area contributed by atoms with Crippen molar-refractivity contribution >= 4 is 18.0 Å². The maximum atomic E-state index is 13.0. The molecule has 0 spiro atoms. The molecule has 0 saturated heterocycles. The van der Waals surface area contributed by atoms with Crippen LogP contribution in [0.5, 0.6) is 0 Å². The van der Waals surface area contributed by atoms with Crippen LogP contribution >= 0.6 is 0 Å². The molecule has 0 bridgehead atoms. The molecule has 4 atom stereocenters.